The van der Waals surface area contributed by atoms with Gasteiger partial charge in [-0.1, -0.05) is 13.8 Å². The summed E-state index contributed by atoms with van der Waals surface area (Å²) in [6.45, 7) is 5.28. The number of aliphatic carboxylic acids is 1. The Morgan fingerprint density at radius 1 is 1.31 bits per heavy atom. The number of fused-ring (bicyclic) bond motifs is 1. The number of carbonyl (C=O) groups is 2. The Hall–Kier alpha value is -2.71. The van der Waals surface area contributed by atoms with Crippen LogP contribution in [0.5, 0.6) is 0 Å². The highest BCUT2D eigenvalue weighted by molar-refractivity contribution is 5.85. The van der Waals surface area contributed by atoms with Crippen molar-refractivity contribution in [2.45, 2.75) is 39.2 Å². The zero-order valence-electron chi connectivity index (χ0n) is 15.0. The quantitative estimate of drug-likeness (QED) is 0.789. The van der Waals surface area contributed by atoms with Crippen LogP contribution in [0.15, 0.2) is 18.5 Å². The predicted octanol–water partition coefficient (Wildman–Crippen LogP) is 0.956. The Bertz CT molecular complexity index is 782. The Morgan fingerprint density at radius 3 is 2.69 bits per heavy atom. The number of carboxylic acid groups (broad SMARTS) is 1. The SMILES string of the molecule is CC(C)C[C@@H](NC(=O)C1CCN(c2ccc3nncn3n2)CC1)C(=O)O. The first-order valence-corrected chi connectivity index (χ1v) is 8.89. The lowest BCUT2D eigenvalue weighted by molar-refractivity contribution is -0.143. The molecule has 1 aliphatic rings. The van der Waals surface area contributed by atoms with Gasteiger partial charge in [0.1, 0.15) is 18.2 Å². The van der Waals surface area contributed by atoms with E-state index in [0.29, 0.717) is 38.0 Å². The first-order valence-electron chi connectivity index (χ1n) is 8.89. The van der Waals surface area contributed by atoms with E-state index in [-0.39, 0.29) is 17.7 Å². The zero-order valence-corrected chi connectivity index (χ0v) is 15.0. The molecule has 9 nitrogen and oxygen atoms in total. The standard InChI is InChI=1S/C17H24N6O3/c1-11(2)9-13(17(25)26)19-16(24)12-5-7-22(8-6-12)15-4-3-14-20-18-10-23(14)21-15/h3-4,10-13H,5-9H2,1-2H3,(H,19,24)(H,25,26)/t13-/m1/s1. The van der Waals surface area contributed by atoms with E-state index < -0.39 is 12.0 Å². The van der Waals surface area contributed by atoms with Gasteiger partial charge in [-0.3, -0.25) is 4.79 Å². The number of rotatable bonds is 6. The maximum Gasteiger partial charge on any atom is 0.326 e. The molecule has 2 aromatic heterocycles. The third kappa shape index (κ3) is 4.09. The predicted molar refractivity (Wildman–Crippen MR) is 94.7 cm³/mol. The number of amides is 1. The molecular weight excluding hydrogens is 336 g/mol. The number of piperidine rings is 1. The number of nitrogens with one attached hydrogen (secondary N) is 1. The van der Waals surface area contributed by atoms with Gasteiger partial charge in [0.25, 0.3) is 0 Å². The van der Waals surface area contributed by atoms with Crippen LogP contribution in [-0.4, -0.2) is 55.9 Å². The number of aromatic nitrogens is 4. The van der Waals surface area contributed by atoms with Gasteiger partial charge in [-0.25, -0.2) is 4.79 Å². The lowest BCUT2D eigenvalue weighted by Crippen LogP contribution is -2.47. The fourth-order valence-corrected chi connectivity index (χ4v) is 3.24. The first-order chi connectivity index (χ1) is 12.4. The Balaban J connectivity index is 1.57. The van der Waals surface area contributed by atoms with Gasteiger partial charge in [-0.05, 0) is 37.3 Å². The molecule has 0 aromatic carbocycles. The van der Waals surface area contributed by atoms with Crippen molar-refractivity contribution in [1.29, 1.82) is 0 Å². The topological polar surface area (TPSA) is 113 Å². The highest BCUT2D eigenvalue weighted by Crippen LogP contribution is 2.22. The van der Waals surface area contributed by atoms with Crippen LogP contribution in [0.2, 0.25) is 0 Å². The number of nitrogens with zero attached hydrogens (tertiary/aromatic N) is 5. The number of anilines is 1. The van der Waals surface area contributed by atoms with E-state index in [0.717, 1.165) is 5.82 Å². The molecule has 3 rings (SSSR count). The van der Waals surface area contributed by atoms with E-state index >= 15 is 0 Å². The molecule has 0 saturated carbocycles. The fourth-order valence-electron chi connectivity index (χ4n) is 3.24. The molecule has 0 aliphatic carbocycles. The van der Waals surface area contributed by atoms with Crippen molar-refractivity contribution in [2.24, 2.45) is 11.8 Å². The second-order valence-electron chi connectivity index (χ2n) is 7.12. The van der Waals surface area contributed by atoms with Gasteiger partial charge in [-0.2, -0.15) is 4.52 Å². The molecule has 1 aliphatic heterocycles. The molecule has 1 saturated heterocycles. The number of carbonyl (C=O) groups excluding carboxylic acids is 1. The Kier molecular flexibility index (Phi) is 5.34. The van der Waals surface area contributed by atoms with Crippen molar-refractivity contribution in [3.63, 3.8) is 0 Å². The smallest absolute Gasteiger partial charge is 0.326 e. The summed E-state index contributed by atoms with van der Waals surface area (Å²) in [6, 6.07) is 2.93. The maximum atomic E-state index is 12.4. The van der Waals surface area contributed by atoms with Crippen LogP contribution in [0.4, 0.5) is 5.82 Å². The van der Waals surface area contributed by atoms with Gasteiger partial charge in [-0.15, -0.1) is 15.3 Å². The molecule has 26 heavy (non-hydrogen) atoms. The summed E-state index contributed by atoms with van der Waals surface area (Å²) in [5.74, 6) is -0.286. The number of hydrogen-bond donors (Lipinski definition) is 2. The van der Waals surface area contributed by atoms with Gasteiger partial charge in [0, 0.05) is 19.0 Å². The minimum Gasteiger partial charge on any atom is -0.480 e. The molecule has 1 atom stereocenters. The largest absolute Gasteiger partial charge is 0.480 e. The molecule has 2 aromatic rings. The lowest BCUT2D eigenvalue weighted by atomic mass is 9.94. The number of carboxylic acids is 1. The molecule has 1 amide bonds. The molecule has 0 unspecified atom stereocenters. The van der Waals surface area contributed by atoms with Crippen LogP contribution in [0.25, 0.3) is 5.65 Å². The molecule has 3 heterocycles. The van der Waals surface area contributed by atoms with E-state index in [4.69, 9.17) is 0 Å². The van der Waals surface area contributed by atoms with Crippen molar-refractivity contribution in [3.05, 3.63) is 18.5 Å². The van der Waals surface area contributed by atoms with E-state index in [1.165, 1.54) is 0 Å². The highest BCUT2D eigenvalue weighted by atomic mass is 16.4. The van der Waals surface area contributed by atoms with E-state index in [1.807, 2.05) is 26.0 Å². The summed E-state index contributed by atoms with van der Waals surface area (Å²) in [7, 11) is 0. The first kappa shape index (κ1) is 18.1. The molecule has 140 valence electrons. The third-order valence-electron chi connectivity index (χ3n) is 4.66. The van der Waals surface area contributed by atoms with Gasteiger partial charge < -0.3 is 15.3 Å². The molecule has 0 spiro atoms. The van der Waals surface area contributed by atoms with Gasteiger partial charge in [0.05, 0.1) is 0 Å². The minimum absolute atomic E-state index is 0.167. The van der Waals surface area contributed by atoms with Gasteiger partial charge >= 0.3 is 5.97 Å². The normalized spacial score (nSPS) is 16.8. The third-order valence-corrected chi connectivity index (χ3v) is 4.66. The molecule has 9 heteroatoms. The molecular formula is C17H24N6O3. The summed E-state index contributed by atoms with van der Waals surface area (Å²) in [6.07, 6.45) is 3.33. The van der Waals surface area contributed by atoms with Crippen LogP contribution in [0.3, 0.4) is 0 Å². The zero-order chi connectivity index (χ0) is 18.7. The van der Waals surface area contributed by atoms with Crippen LogP contribution in [-0.2, 0) is 9.59 Å². The van der Waals surface area contributed by atoms with Crippen molar-refractivity contribution in [2.75, 3.05) is 18.0 Å². The monoisotopic (exact) mass is 360 g/mol. The van der Waals surface area contributed by atoms with Crippen LogP contribution < -0.4 is 10.2 Å². The van der Waals surface area contributed by atoms with E-state index in [9.17, 15) is 14.7 Å². The summed E-state index contributed by atoms with van der Waals surface area (Å²) < 4.78 is 1.62. The van der Waals surface area contributed by atoms with E-state index in [2.05, 4.69) is 25.5 Å². The molecule has 1 fully saturated rings. The van der Waals surface area contributed by atoms with Crippen molar-refractivity contribution in [1.82, 2.24) is 25.1 Å². The Labute approximate surface area is 151 Å². The van der Waals surface area contributed by atoms with Crippen molar-refractivity contribution >= 4 is 23.3 Å². The lowest BCUT2D eigenvalue weighted by Gasteiger charge is -2.32. The summed E-state index contributed by atoms with van der Waals surface area (Å²) in [4.78, 5) is 25.9. The van der Waals surface area contributed by atoms with Gasteiger partial charge in [0.15, 0.2) is 5.65 Å². The maximum absolute atomic E-state index is 12.4. The van der Waals surface area contributed by atoms with E-state index in [1.54, 1.807) is 10.8 Å². The minimum atomic E-state index is -0.976. The molecule has 0 bridgehead atoms. The van der Waals surface area contributed by atoms with Crippen LogP contribution >= 0.6 is 0 Å². The summed E-state index contributed by atoms with van der Waals surface area (Å²) in [5.41, 5.74) is 0.688. The molecule has 0 radical (unpaired) electrons. The van der Waals surface area contributed by atoms with Crippen molar-refractivity contribution in [3.8, 4) is 0 Å². The Morgan fingerprint density at radius 2 is 2.04 bits per heavy atom. The van der Waals surface area contributed by atoms with Crippen LogP contribution in [0, 0.1) is 11.8 Å². The second kappa shape index (κ2) is 7.67. The molecule has 2 N–H and O–H groups in total. The average Bonchev–Trinajstić information content (AvgIpc) is 3.08. The summed E-state index contributed by atoms with van der Waals surface area (Å²) >= 11 is 0. The van der Waals surface area contributed by atoms with Gasteiger partial charge in [0.2, 0.25) is 5.91 Å². The average molecular weight is 360 g/mol. The highest BCUT2D eigenvalue weighted by Gasteiger charge is 2.29. The fraction of sp³-hybridized carbons (Fsp3) is 0.588. The summed E-state index contributed by atoms with van der Waals surface area (Å²) in [5, 5.41) is 24.2. The number of hydrogen-bond acceptors (Lipinski definition) is 6. The second-order valence-corrected chi connectivity index (χ2v) is 7.12. The van der Waals surface area contributed by atoms with Crippen LogP contribution in [0.1, 0.15) is 33.1 Å². The van der Waals surface area contributed by atoms with Crippen molar-refractivity contribution < 1.29 is 14.7 Å².